The monoisotopic (exact) mass is 224 g/mol. The fourth-order valence-corrected chi connectivity index (χ4v) is 1.84. The third-order valence-corrected chi connectivity index (χ3v) is 2.86. The van der Waals surface area contributed by atoms with Gasteiger partial charge in [-0.15, -0.1) is 0 Å². The van der Waals surface area contributed by atoms with E-state index in [0.717, 1.165) is 32.7 Å². The Morgan fingerprint density at radius 2 is 1.87 bits per heavy atom. The normalized spacial score (nSPS) is 11.3. The average molecular weight is 224 g/mol. The second-order valence-electron chi connectivity index (χ2n) is 3.40. The molecule has 0 saturated heterocycles. The van der Waals surface area contributed by atoms with Crippen molar-refractivity contribution in [1.82, 2.24) is 0 Å². The molecule has 0 amide bonds. The molecule has 0 aliphatic heterocycles. The van der Waals surface area contributed by atoms with Crippen LogP contribution >= 0.6 is 0 Å². The highest BCUT2D eigenvalue weighted by Crippen LogP contribution is 1.99. The molecule has 0 N–H and O–H groups in total. The Bertz CT molecular complexity index is 239. The van der Waals surface area contributed by atoms with Crippen molar-refractivity contribution in [3.63, 3.8) is 0 Å². The van der Waals surface area contributed by atoms with E-state index in [-0.39, 0.29) is 9.76 Å². The van der Waals surface area contributed by atoms with Crippen LogP contribution in [0.3, 0.4) is 0 Å². The lowest BCUT2D eigenvalue weighted by Crippen LogP contribution is -2.04. The first-order chi connectivity index (χ1) is 7.43. The van der Waals surface area contributed by atoms with E-state index in [1.807, 2.05) is 6.07 Å². The quantitative estimate of drug-likeness (QED) is 0.495. The van der Waals surface area contributed by atoms with Crippen LogP contribution in [0.5, 0.6) is 0 Å². The second kappa shape index (κ2) is 8.65. The van der Waals surface area contributed by atoms with E-state index in [4.69, 9.17) is 9.16 Å². The molecule has 15 heavy (non-hydrogen) atoms. The molecular weight excluding hydrogens is 204 g/mol. The molecule has 1 aromatic rings. The first kappa shape index (κ1) is 12.4. The van der Waals surface area contributed by atoms with E-state index in [1.54, 1.807) is 0 Å². The van der Waals surface area contributed by atoms with Crippen molar-refractivity contribution in [3.05, 3.63) is 35.9 Å². The standard InChI is InChI=1S/C12H20O2Si/c1-15-14-10-5-9-13-11-8-12-6-3-2-4-7-12/h2-4,6-7H,5,8-11,15H2,1H3. The van der Waals surface area contributed by atoms with E-state index in [9.17, 15) is 0 Å². The zero-order valence-corrected chi connectivity index (χ0v) is 10.9. The maximum absolute atomic E-state index is 5.52. The molecule has 1 rings (SSSR count). The number of ether oxygens (including phenoxy) is 1. The molecule has 1 aromatic carbocycles. The van der Waals surface area contributed by atoms with Crippen molar-refractivity contribution in [1.29, 1.82) is 0 Å². The van der Waals surface area contributed by atoms with Gasteiger partial charge in [0.1, 0.15) is 0 Å². The molecule has 0 heterocycles. The van der Waals surface area contributed by atoms with Crippen LogP contribution in [0.15, 0.2) is 30.3 Å². The minimum Gasteiger partial charge on any atom is -0.424 e. The maximum atomic E-state index is 5.52. The molecule has 0 saturated carbocycles. The Labute approximate surface area is 94.5 Å². The van der Waals surface area contributed by atoms with Gasteiger partial charge in [0.05, 0.1) is 6.61 Å². The van der Waals surface area contributed by atoms with E-state index >= 15 is 0 Å². The fraction of sp³-hybridized carbons (Fsp3) is 0.500. The van der Waals surface area contributed by atoms with Crippen LogP contribution in [-0.2, 0) is 15.6 Å². The van der Waals surface area contributed by atoms with Crippen LogP contribution in [0.1, 0.15) is 12.0 Å². The smallest absolute Gasteiger partial charge is 0.158 e. The van der Waals surface area contributed by atoms with Gasteiger partial charge in [-0.2, -0.15) is 0 Å². The average Bonchev–Trinajstić information content (AvgIpc) is 2.29. The summed E-state index contributed by atoms with van der Waals surface area (Å²) in [5.41, 5.74) is 1.34. The van der Waals surface area contributed by atoms with Crippen molar-refractivity contribution < 1.29 is 9.16 Å². The SMILES string of the molecule is C[SiH2]OCCCOCCc1ccccc1. The number of rotatable bonds is 8. The van der Waals surface area contributed by atoms with Gasteiger partial charge in [-0.05, 0) is 18.4 Å². The molecule has 0 aliphatic carbocycles. The van der Waals surface area contributed by atoms with Crippen LogP contribution in [0.2, 0.25) is 6.55 Å². The summed E-state index contributed by atoms with van der Waals surface area (Å²) in [6, 6.07) is 10.4. The first-order valence-electron chi connectivity index (χ1n) is 5.63. The van der Waals surface area contributed by atoms with Gasteiger partial charge in [0.15, 0.2) is 9.76 Å². The zero-order chi connectivity index (χ0) is 10.8. The lowest BCUT2D eigenvalue weighted by Gasteiger charge is -2.04. The third kappa shape index (κ3) is 6.44. The maximum Gasteiger partial charge on any atom is 0.158 e. The molecule has 0 atom stereocenters. The molecule has 0 radical (unpaired) electrons. The van der Waals surface area contributed by atoms with Gasteiger partial charge in [0.25, 0.3) is 0 Å². The van der Waals surface area contributed by atoms with Crippen LogP contribution in [0.25, 0.3) is 0 Å². The Kier molecular flexibility index (Phi) is 7.16. The topological polar surface area (TPSA) is 18.5 Å². The summed E-state index contributed by atoms with van der Waals surface area (Å²) in [5, 5.41) is 0. The first-order valence-corrected chi connectivity index (χ1v) is 7.62. The van der Waals surface area contributed by atoms with Crippen molar-refractivity contribution in [3.8, 4) is 0 Å². The van der Waals surface area contributed by atoms with E-state index in [0.29, 0.717) is 0 Å². The summed E-state index contributed by atoms with van der Waals surface area (Å²) in [6.45, 7) is 4.65. The highest BCUT2D eigenvalue weighted by Gasteiger charge is 1.92. The van der Waals surface area contributed by atoms with Gasteiger partial charge >= 0.3 is 0 Å². The fourth-order valence-electron chi connectivity index (χ4n) is 1.34. The highest BCUT2D eigenvalue weighted by molar-refractivity contribution is 6.24. The van der Waals surface area contributed by atoms with E-state index < -0.39 is 0 Å². The number of benzene rings is 1. The summed E-state index contributed by atoms with van der Waals surface area (Å²) in [7, 11) is -0.223. The molecule has 0 bridgehead atoms. The Morgan fingerprint density at radius 1 is 1.07 bits per heavy atom. The summed E-state index contributed by atoms with van der Waals surface area (Å²) < 4.78 is 10.9. The minimum absolute atomic E-state index is 0.223. The van der Waals surface area contributed by atoms with Crippen molar-refractivity contribution in [2.45, 2.75) is 19.4 Å². The van der Waals surface area contributed by atoms with Crippen LogP contribution < -0.4 is 0 Å². The Morgan fingerprint density at radius 3 is 2.60 bits per heavy atom. The molecule has 3 heteroatoms. The Balaban J connectivity index is 1.93. The molecule has 84 valence electrons. The Hall–Kier alpha value is -0.643. The van der Waals surface area contributed by atoms with Gasteiger partial charge in [-0.3, -0.25) is 0 Å². The lowest BCUT2D eigenvalue weighted by molar-refractivity contribution is 0.123. The van der Waals surface area contributed by atoms with Gasteiger partial charge in [0.2, 0.25) is 0 Å². The van der Waals surface area contributed by atoms with Crippen molar-refractivity contribution >= 4 is 9.76 Å². The van der Waals surface area contributed by atoms with Crippen LogP contribution in [-0.4, -0.2) is 29.6 Å². The van der Waals surface area contributed by atoms with Gasteiger partial charge in [-0.1, -0.05) is 36.9 Å². The van der Waals surface area contributed by atoms with Crippen LogP contribution in [0.4, 0.5) is 0 Å². The molecular formula is C12H20O2Si. The van der Waals surface area contributed by atoms with Gasteiger partial charge in [-0.25, -0.2) is 0 Å². The largest absolute Gasteiger partial charge is 0.424 e. The summed E-state index contributed by atoms with van der Waals surface area (Å²) >= 11 is 0. The molecule has 0 spiro atoms. The third-order valence-electron chi connectivity index (χ3n) is 2.16. The molecule has 0 fully saturated rings. The molecule has 0 unspecified atom stereocenters. The minimum atomic E-state index is -0.223. The van der Waals surface area contributed by atoms with Crippen molar-refractivity contribution in [2.75, 3.05) is 19.8 Å². The lowest BCUT2D eigenvalue weighted by atomic mass is 10.2. The predicted octanol–water partition coefficient (Wildman–Crippen LogP) is 1.78. The van der Waals surface area contributed by atoms with Gasteiger partial charge < -0.3 is 9.16 Å². The predicted molar refractivity (Wildman–Crippen MR) is 65.9 cm³/mol. The van der Waals surface area contributed by atoms with E-state index in [1.165, 1.54) is 5.56 Å². The highest BCUT2D eigenvalue weighted by atomic mass is 28.2. The molecule has 0 aliphatic rings. The molecule has 2 nitrogen and oxygen atoms in total. The molecule has 0 aromatic heterocycles. The second-order valence-corrected chi connectivity index (χ2v) is 4.38. The van der Waals surface area contributed by atoms with Crippen LogP contribution in [0, 0.1) is 0 Å². The summed E-state index contributed by atoms with van der Waals surface area (Å²) in [5.74, 6) is 0. The van der Waals surface area contributed by atoms with E-state index in [2.05, 4.69) is 30.8 Å². The zero-order valence-electron chi connectivity index (χ0n) is 9.45. The van der Waals surface area contributed by atoms with Gasteiger partial charge in [0, 0.05) is 13.2 Å². The summed E-state index contributed by atoms with van der Waals surface area (Å²) in [4.78, 5) is 0. The number of hydrogen-bond donors (Lipinski definition) is 0. The number of hydrogen-bond acceptors (Lipinski definition) is 2. The van der Waals surface area contributed by atoms with Crippen molar-refractivity contribution in [2.24, 2.45) is 0 Å². The summed E-state index contributed by atoms with van der Waals surface area (Å²) in [6.07, 6.45) is 2.03.